The number of nitrogens with one attached hydrogen (secondary N) is 1. The molecule has 1 unspecified atom stereocenters. The van der Waals surface area contributed by atoms with Gasteiger partial charge in [0.05, 0.1) is 0 Å². The van der Waals surface area contributed by atoms with Crippen LogP contribution in [-0.2, 0) is 6.42 Å². The molecule has 0 aromatic heterocycles. The summed E-state index contributed by atoms with van der Waals surface area (Å²) in [5.74, 6) is 0.885. The molecule has 2 rings (SSSR count). The lowest BCUT2D eigenvalue weighted by Crippen LogP contribution is -2.29. The molecule has 1 heterocycles. The van der Waals surface area contributed by atoms with Gasteiger partial charge in [-0.2, -0.15) is 0 Å². The summed E-state index contributed by atoms with van der Waals surface area (Å²) in [4.78, 5) is 0. The zero-order valence-electron chi connectivity index (χ0n) is 9.71. The van der Waals surface area contributed by atoms with Crippen LogP contribution in [0.25, 0.3) is 0 Å². The third-order valence-electron chi connectivity index (χ3n) is 3.42. The Morgan fingerprint density at radius 1 is 1.31 bits per heavy atom. The van der Waals surface area contributed by atoms with Crippen molar-refractivity contribution in [3.8, 4) is 0 Å². The highest BCUT2D eigenvalue weighted by Crippen LogP contribution is 2.21. The van der Waals surface area contributed by atoms with E-state index < -0.39 is 0 Å². The second kappa shape index (κ2) is 6.27. The molecule has 1 atom stereocenters. The van der Waals surface area contributed by atoms with Gasteiger partial charge in [-0.1, -0.05) is 29.8 Å². The van der Waals surface area contributed by atoms with Crippen molar-refractivity contribution in [3.05, 3.63) is 34.9 Å². The number of aryl methyl sites for hydroxylation is 1. The molecule has 1 N–H and O–H groups in total. The van der Waals surface area contributed by atoms with Crippen LogP contribution in [0.4, 0.5) is 0 Å². The summed E-state index contributed by atoms with van der Waals surface area (Å²) in [6.45, 7) is 2.42. The zero-order valence-corrected chi connectivity index (χ0v) is 10.5. The molecule has 1 aromatic carbocycles. The van der Waals surface area contributed by atoms with Gasteiger partial charge >= 0.3 is 0 Å². The molecule has 1 fully saturated rings. The summed E-state index contributed by atoms with van der Waals surface area (Å²) in [6.07, 6.45) is 6.46. The van der Waals surface area contributed by atoms with E-state index in [9.17, 15) is 0 Å². The van der Waals surface area contributed by atoms with Gasteiger partial charge in [0.2, 0.25) is 0 Å². The third-order valence-corrected chi connectivity index (χ3v) is 3.78. The second-order valence-corrected chi connectivity index (χ2v) is 5.10. The number of hydrogen-bond donors (Lipinski definition) is 1. The first-order chi connectivity index (χ1) is 7.86. The third kappa shape index (κ3) is 3.50. The van der Waals surface area contributed by atoms with Crippen LogP contribution in [0.3, 0.4) is 0 Å². The van der Waals surface area contributed by atoms with Crippen molar-refractivity contribution < 1.29 is 0 Å². The van der Waals surface area contributed by atoms with E-state index in [1.165, 1.54) is 44.3 Å². The van der Waals surface area contributed by atoms with E-state index in [1.54, 1.807) is 0 Å². The summed E-state index contributed by atoms with van der Waals surface area (Å²) in [6, 6.07) is 8.20. The van der Waals surface area contributed by atoms with Gasteiger partial charge in [0.1, 0.15) is 0 Å². The van der Waals surface area contributed by atoms with E-state index in [-0.39, 0.29) is 0 Å². The molecule has 0 saturated carbocycles. The molecule has 1 aliphatic rings. The summed E-state index contributed by atoms with van der Waals surface area (Å²) in [5, 5.41) is 4.39. The normalized spacial score (nSPS) is 20.9. The molecular formula is C14H20ClN. The number of piperidine rings is 1. The maximum atomic E-state index is 6.13. The Bertz CT molecular complexity index is 318. The molecular weight excluding hydrogens is 218 g/mol. The molecule has 0 radical (unpaired) electrons. The summed E-state index contributed by atoms with van der Waals surface area (Å²) in [7, 11) is 0. The molecule has 0 bridgehead atoms. The fourth-order valence-electron chi connectivity index (χ4n) is 2.45. The molecule has 1 aromatic rings. The lowest BCUT2D eigenvalue weighted by atomic mass is 9.93. The minimum Gasteiger partial charge on any atom is -0.316 e. The quantitative estimate of drug-likeness (QED) is 0.843. The van der Waals surface area contributed by atoms with Crippen molar-refractivity contribution in [2.75, 3.05) is 13.1 Å². The van der Waals surface area contributed by atoms with Crippen LogP contribution >= 0.6 is 11.6 Å². The second-order valence-electron chi connectivity index (χ2n) is 4.70. The predicted molar refractivity (Wildman–Crippen MR) is 70.0 cm³/mol. The number of rotatable bonds is 4. The van der Waals surface area contributed by atoms with Crippen molar-refractivity contribution >= 4 is 11.6 Å². The van der Waals surface area contributed by atoms with Crippen LogP contribution < -0.4 is 5.32 Å². The Morgan fingerprint density at radius 2 is 2.19 bits per heavy atom. The Hall–Kier alpha value is -0.530. The highest BCUT2D eigenvalue weighted by molar-refractivity contribution is 6.31. The standard InChI is InChI=1S/C14H20ClN/c15-14-9-2-1-7-13(14)8-3-5-12-6-4-10-16-11-12/h1-2,7,9,12,16H,3-6,8,10-11H2. The van der Waals surface area contributed by atoms with Gasteiger partial charge in [0.25, 0.3) is 0 Å². The number of hydrogen-bond acceptors (Lipinski definition) is 1. The van der Waals surface area contributed by atoms with Gasteiger partial charge in [-0.3, -0.25) is 0 Å². The lowest BCUT2D eigenvalue weighted by molar-refractivity contribution is 0.351. The fourth-order valence-corrected chi connectivity index (χ4v) is 2.68. The first kappa shape index (κ1) is 11.9. The van der Waals surface area contributed by atoms with Crippen LogP contribution in [0.2, 0.25) is 5.02 Å². The average molecular weight is 238 g/mol. The van der Waals surface area contributed by atoms with Crippen LogP contribution in [0.5, 0.6) is 0 Å². The molecule has 0 spiro atoms. The maximum absolute atomic E-state index is 6.13. The molecule has 2 heteroatoms. The average Bonchev–Trinajstić information content (AvgIpc) is 2.33. The van der Waals surface area contributed by atoms with Gasteiger partial charge in [0, 0.05) is 5.02 Å². The molecule has 16 heavy (non-hydrogen) atoms. The van der Waals surface area contributed by atoms with Gasteiger partial charge in [-0.25, -0.2) is 0 Å². The summed E-state index contributed by atoms with van der Waals surface area (Å²) < 4.78 is 0. The van der Waals surface area contributed by atoms with Crippen molar-refractivity contribution in [2.24, 2.45) is 5.92 Å². The van der Waals surface area contributed by atoms with E-state index in [0.29, 0.717) is 0 Å². The largest absolute Gasteiger partial charge is 0.316 e. The van der Waals surface area contributed by atoms with Crippen molar-refractivity contribution in [1.29, 1.82) is 0 Å². The maximum Gasteiger partial charge on any atom is 0.0437 e. The highest BCUT2D eigenvalue weighted by Gasteiger charge is 2.12. The van der Waals surface area contributed by atoms with Crippen molar-refractivity contribution in [2.45, 2.75) is 32.1 Å². The Kier molecular flexibility index (Phi) is 4.68. The van der Waals surface area contributed by atoms with Crippen LogP contribution in [-0.4, -0.2) is 13.1 Å². The predicted octanol–water partition coefficient (Wildman–Crippen LogP) is 3.66. The van der Waals surface area contributed by atoms with E-state index in [2.05, 4.69) is 17.4 Å². The molecule has 1 nitrogen and oxygen atoms in total. The van der Waals surface area contributed by atoms with E-state index in [1.807, 2.05) is 12.1 Å². The number of halogens is 1. The molecule has 88 valence electrons. The first-order valence-corrected chi connectivity index (χ1v) is 6.68. The Morgan fingerprint density at radius 3 is 2.94 bits per heavy atom. The highest BCUT2D eigenvalue weighted by atomic mass is 35.5. The van der Waals surface area contributed by atoms with E-state index in [0.717, 1.165) is 17.4 Å². The van der Waals surface area contributed by atoms with Gasteiger partial charge in [0.15, 0.2) is 0 Å². The minimum absolute atomic E-state index is 0.885. The Labute approximate surface area is 103 Å². The van der Waals surface area contributed by atoms with Crippen LogP contribution in [0.1, 0.15) is 31.2 Å². The fraction of sp³-hybridized carbons (Fsp3) is 0.571. The van der Waals surface area contributed by atoms with Gasteiger partial charge < -0.3 is 5.32 Å². The lowest BCUT2D eigenvalue weighted by Gasteiger charge is -2.22. The topological polar surface area (TPSA) is 12.0 Å². The van der Waals surface area contributed by atoms with E-state index >= 15 is 0 Å². The van der Waals surface area contributed by atoms with Crippen LogP contribution in [0.15, 0.2) is 24.3 Å². The smallest absolute Gasteiger partial charge is 0.0437 e. The van der Waals surface area contributed by atoms with Crippen molar-refractivity contribution in [3.63, 3.8) is 0 Å². The monoisotopic (exact) mass is 237 g/mol. The van der Waals surface area contributed by atoms with Crippen molar-refractivity contribution in [1.82, 2.24) is 5.32 Å². The Balaban J connectivity index is 1.73. The van der Waals surface area contributed by atoms with Crippen LogP contribution in [0, 0.1) is 5.92 Å². The molecule has 0 aliphatic carbocycles. The summed E-state index contributed by atoms with van der Waals surface area (Å²) >= 11 is 6.13. The van der Waals surface area contributed by atoms with Gasteiger partial charge in [-0.15, -0.1) is 0 Å². The molecule has 1 aliphatic heterocycles. The minimum atomic E-state index is 0.885. The first-order valence-electron chi connectivity index (χ1n) is 6.30. The summed E-state index contributed by atoms with van der Waals surface area (Å²) in [5.41, 5.74) is 1.30. The number of benzene rings is 1. The van der Waals surface area contributed by atoms with Gasteiger partial charge in [-0.05, 0) is 62.7 Å². The SMILES string of the molecule is Clc1ccccc1CCCC1CCCNC1. The zero-order chi connectivity index (χ0) is 11.2. The van der Waals surface area contributed by atoms with E-state index in [4.69, 9.17) is 11.6 Å². The molecule has 1 saturated heterocycles. The molecule has 0 amide bonds.